The van der Waals surface area contributed by atoms with Crippen LogP contribution in [0.5, 0.6) is 0 Å². The summed E-state index contributed by atoms with van der Waals surface area (Å²) in [6, 6.07) is 23.9. The summed E-state index contributed by atoms with van der Waals surface area (Å²) in [5.41, 5.74) is 5.46. The summed E-state index contributed by atoms with van der Waals surface area (Å²) < 4.78 is 6.19. The van der Waals surface area contributed by atoms with Gasteiger partial charge >= 0.3 is 0 Å². The van der Waals surface area contributed by atoms with Crippen LogP contribution in [0.4, 0.5) is 0 Å². The first-order valence-corrected chi connectivity index (χ1v) is 11.9. The van der Waals surface area contributed by atoms with E-state index in [0.29, 0.717) is 0 Å². The van der Waals surface area contributed by atoms with Crippen molar-refractivity contribution in [1.82, 2.24) is 4.98 Å². The predicted molar refractivity (Wildman–Crippen MR) is 140 cm³/mol. The van der Waals surface area contributed by atoms with E-state index in [-0.39, 0.29) is 5.21 Å². The van der Waals surface area contributed by atoms with E-state index >= 15 is 0 Å². The van der Waals surface area contributed by atoms with Crippen molar-refractivity contribution in [2.24, 2.45) is 5.92 Å². The van der Waals surface area contributed by atoms with Crippen molar-refractivity contribution < 1.29 is 4.42 Å². The minimum atomic E-state index is 0.170. The minimum Gasteiger partial charge on any atom is -0.456 e. The van der Waals surface area contributed by atoms with Crippen LogP contribution in [-0.2, 0) is 5.21 Å². The fourth-order valence-electron chi connectivity index (χ4n) is 5.67. The lowest BCUT2D eigenvalue weighted by Gasteiger charge is -2.38. The summed E-state index contributed by atoms with van der Waals surface area (Å²) in [7, 11) is 4.83. The number of pyridine rings is 1. The normalized spacial score (nSPS) is 15.6. The van der Waals surface area contributed by atoms with Gasteiger partial charge < -0.3 is 4.42 Å². The van der Waals surface area contributed by atoms with Gasteiger partial charge in [-0.2, -0.15) is 0 Å². The van der Waals surface area contributed by atoms with Crippen LogP contribution in [0.15, 0.2) is 77.3 Å². The number of hydrogen-bond acceptors (Lipinski definition) is 2. The topological polar surface area (TPSA) is 26.0 Å². The molecule has 0 bridgehead atoms. The van der Waals surface area contributed by atoms with Gasteiger partial charge in [-0.1, -0.05) is 67.1 Å². The summed E-state index contributed by atoms with van der Waals surface area (Å²) in [4.78, 5) is 4.76. The molecular weight excluding hydrogens is 388 g/mol. The number of hydrogen-bond donors (Lipinski definition) is 0. The highest BCUT2D eigenvalue weighted by atomic mass is 16.3. The van der Waals surface area contributed by atoms with Gasteiger partial charge in [0.25, 0.3) is 0 Å². The molecule has 0 unspecified atom stereocenters. The third kappa shape index (κ3) is 3.24. The zero-order valence-electron chi connectivity index (χ0n) is 18.9. The molecule has 0 amide bonds. The molecule has 1 aliphatic carbocycles. The molecule has 1 fully saturated rings. The third-order valence-electron chi connectivity index (χ3n) is 7.76. The van der Waals surface area contributed by atoms with Gasteiger partial charge in [0, 0.05) is 22.5 Å². The lowest BCUT2D eigenvalue weighted by molar-refractivity contribution is 0.327. The van der Waals surface area contributed by atoms with Gasteiger partial charge in [-0.05, 0) is 59.2 Å². The quantitative estimate of drug-likeness (QED) is 0.348. The van der Waals surface area contributed by atoms with E-state index in [0.717, 1.165) is 33.7 Å². The Morgan fingerprint density at radius 3 is 2.34 bits per heavy atom. The number of nitrogens with zero attached hydrogens (tertiary/aromatic N) is 1. The van der Waals surface area contributed by atoms with Crippen LogP contribution in [0, 0.1) is 5.92 Å². The second-order valence-corrected chi connectivity index (χ2v) is 9.99. The average Bonchev–Trinajstić information content (AvgIpc) is 3.20. The summed E-state index contributed by atoms with van der Waals surface area (Å²) in [5.74, 6) is 0.750. The fraction of sp³-hybridized carbons (Fsp3) is 0.250. The number of furan rings is 1. The molecule has 2 heterocycles. The van der Waals surface area contributed by atoms with Crippen molar-refractivity contribution in [3.8, 4) is 11.3 Å². The molecule has 0 radical (unpaired) electrons. The van der Waals surface area contributed by atoms with Crippen LogP contribution >= 0.6 is 0 Å². The number of aromatic nitrogens is 1. The molecule has 0 spiro atoms. The smallest absolute Gasteiger partial charge is 0.136 e. The molecule has 32 heavy (non-hydrogen) atoms. The standard InChI is InChI=1S/C28H27B2NO/c29-28(30,21-8-2-1-3-9-21)22-12-13-31-25(17-22)20-10-11-26-23(15-20)24-14-18-6-4-5-7-19(18)16-27(24)32-26/h4-7,10-17,21H,1-3,8-9,29-30H2. The highest BCUT2D eigenvalue weighted by Crippen LogP contribution is 2.39. The Bertz CT molecular complexity index is 1450. The lowest BCUT2D eigenvalue weighted by Crippen LogP contribution is -2.37. The van der Waals surface area contributed by atoms with Crippen LogP contribution in [0.25, 0.3) is 44.0 Å². The molecular formula is C28H27B2NO. The van der Waals surface area contributed by atoms with Crippen LogP contribution in [-0.4, -0.2) is 20.7 Å². The van der Waals surface area contributed by atoms with E-state index in [1.807, 2.05) is 6.20 Å². The Labute approximate surface area is 190 Å². The molecule has 1 saturated carbocycles. The molecule has 2 aromatic heterocycles. The largest absolute Gasteiger partial charge is 0.456 e. The van der Waals surface area contributed by atoms with Crippen LogP contribution < -0.4 is 0 Å². The Kier molecular flexibility index (Phi) is 4.64. The zero-order chi connectivity index (χ0) is 21.7. The van der Waals surface area contributed by atoms with E-state index in [4.69, 9.17) is 9.40 Å². The van der Waals surface area contributed by atoms with E-state index in [1.54, 1.807) is 0 Å². The SMILES string of the molecule is BC(B)(c1ccnc(-c2ccc3oc4cc5ccccc5cc4c3c2)c1)C1CCCCC1. The third-order valence-corrected chi connectivity index (χ3v) is 7.76. The van der Waals surface area contributed by atoms with Gasteiger partial charge in [-0.15, -0.1) is 0 Å². The Balaban J connectivity index is 1.44. The van der Waals surface area contributed by atoms with Crippen molar-refractivity contribution in [2.45, 2.75) is 37.3 Å². The fourth-order valence-corrected chi connectivity index (χ4v) is 5.67. The van der Waals surface area contributed by atoms with Gasteiger partial charge in [-0.25, -0.2) is 0 Å². The van der Waals surface area contributed by atoms with Gasteiger partial charge in [-0.3, -0.25) is 4.98 Å². The summed E-state index contributed by atoms with van der Waals surface area (Å²) in [6.07, 6.45) is 8.79. The molecule has 0 aliphatic heterocycles. The summed E-state index contributed by atoms with van der Waals surface area (Å²) in [5, 5.41) is 4.94. The maximum absolute atomic E-state index is 6.19. The highest BCUT2D eigenvalue weighted by molar-refractivity contribution is 6.40. The Morgan fingerprint density at radius 2 is 1.53 bits per heavy atom. The minimum absolute atomic E-state index is 0.170. The predicted octanol–water partition coefficient (Wildman–Crippen LogP) is 5.80. The summed E-state index contributed by atoms with van der Waals surface area (Å²) in [6.45, 7) is 0. The molecule has 156 valence electrons. The zero-order valence-corrected chi connectivity index (χ0v) is 18.9. The number of rotatable bonds is 3. The van der Waals surface area contributed by atoms with E-state index < -0.39 is 0 Å². The molecule has 6 rings (SSSR count). The Hall–Kier alpha value is -3.00. The molecule has 0 saturated heterocycles. The van der Waals surface area contributed by atoms with Crippen molar-refractivity contribution in [3.63, 3.8) is 0 Å². The first-order chi connectivity index (χ1) is 15.6. The molecule has 1 aliphatic rings. The highest BCUT2D eigenvalue weighted by Gasteiger charge is 2.32. The monoisotopic (exact) mass is 415 g/mol. The first kappa shape index (κ1) is 19.7. The van der Waals surface area contributed by atoms with Gasteiger partial charge in [0.2, 0.25) is 0 Å². The van der Waals surface area contributed by atoms with Gasteiger partial charge in [0.1, 0.15) is 26.9 Å². The van der Waals surface area contributed by atoms with Crippen molar-refractivity contribution >= 4 is 48.4 Å². The maximum Gasteiger partial charge on any atom is 0.136 e. The van der Waals surface area contributed by atoms with Crippen LogP contribution in [0.1, 0.15) is 37.7 Å². The average molecular weight is 415 g/mol. The van der Waals surface area contributed by atoms with Gasteiger partial charge in [0.15, 0.2) is 0 Å². The molecule has 3 aromatic carbocycles. The lowest BCUT2D eigenvalue weighted by atomic mass is 9.43. The molecule has 0 N–H and O–H groups in total. The number of benzene rings is 3. The second-order valence-electron chi connectivity index (χ2n) is 9.99. The van der Waals surface area contributed by atoms with E-state index in [1.165, 1.54) is 53.8 Å². The molecule has 2 nitrogen and oxygen atoms in total. The van der Waals surface area contributed by atoms with E-state index in [9.17, 15) is 0 Å². The van der Waals surface area contributed by atoms with Crippen LogP contribution in [0.3, 0.4) is 0 Å². The van der Waals surface area contributed by atoms with Crippen LogP contribution in [0.2, 0.25) is 0 Å². The van der Waals surface area contributed by atoms with Crippen molar-refractivity contribution in [2.75, 3.05) is 0 Å². The second kappa shape index (κ2) is 7.55. The number of fused-ring (bicyclic) bond motifs is 4. The summed E-state index contributed by atoms with van der Waals surface area (Å²) >= 11 is 0. The maximum atomic E-state index is 6.19. The molecule has 5 aromatic rings. The van der Waals surface area contributed by atoms with Crippen molar-refractivity contribution in [3.05, 3.63) is 78.5 Å². The van der Waals surface area contributed by atoms with E-state index in [2.05, 4.69) is 82.4 Å². The first-order valence-electron chi connectivity index (χ1n) is 11.9. The molecule has 4 heteroatoms. The van der Waals surface area contributed by atoms with Crippen molar-refractivity contribution in [1.29, 1.82) is 0 Å². The Morgan fingerprint density at radius 1 is 0.781 bits per heavy atom. The van der Waals surface area contributed by atoms with Gasteiger partial charge in [0.05, 0.1) is 5.69 Å². The molecule has 0 atom stereocenters.